The number of carbonyl (C=O) groups excluding carboxylic acids is 1. The molecule has 0 unspecified atom stereocenters. The summed E-state index contributed by atoms with van der Waals surface area (Å²) >= 11 is 0. The first-order chi connectivity index (χ1) is 16.9. The Labute approximate surface area is 201 Å². The Kier molecular flexibility index (Phi) is 6.50. The number of alkyl halides is 6. The molecule has 192 valence electrons. The van der Waals surface area contributed by atoms with E-state index < -0.39 is 36.3 Å². The molecule has 0 radical (unpaired) electrons. The quantitative estimate of drug-likeness (QED) is 0.441. The molecular formula is C23H20F6N4O3. The first kappa shape index (κ1) is 25.2. The summed E-state index contributed by atoms with van der Waals surface area (Å²) in [6, 6.07) is 9.59. The Morgan fingerprint density at radius 3 is 2.19 bits per heavy atom. The van der Waals surface area contributed by atoms with Gasteiger partial charge in [-0.3, -0.25) is 4.79 Å². The van der Waals surface area contributed by atoms with Gasteiger partial charge in [-0.1, -0.05) is 12.1 Å². The Hall–Kier alpha value is -3.90. The van der Waals surface area contributed by atoms with Crippen LogP contribution < -0.4 is 19.7 Å². The van der Waals surface area contributed by atoms with Crippen molar-refractivity contribution in [3.8, 4) is 11.5 Å². The van der Waals surface area contributed by atoms with Gasteiger partial charge in [-0.2, -0.15) is 18.3 Å². The van der Waals surface area contributed by atoms with Gasteiger partial charge in [0.1, 0.15) is 17.3 Å². The van der Waals surface area contributed by atoms with Crippen LogP contribution in [0.1, 0.15) is 34.6 Å². The van der Waals surface area contributed by atoms with Gasteiger partial charge in [-0.25, -0.2) is 4.68 Å². The maximum Gasteiger partial charge on any atom is 0.573 e. The number of rotatable bonds is 5. The van der Waals surface area contributed by atoms with Gasteiger partial charge in [-0.15, -0.1) is 13.2 Å². The van der Waals surface area contributed by atoms with Crippen molar-refractivity contribution in [3.63, 3.8) is 0 Å². The fraction of sp³-hybridized carbons (Fsp3) is 0.304. The van der Waals surface area contributed by atoms with Crippen LogP contribution in [0.25, 0.3) is 0 Å². The lowest BCUT2D eigenvalue weighted by Crippen LogP contribution is -2.35. The molecule has 1 aliphatic heterocycles. The van der Waals surface area contributed by atoms with E-state index in [-0.39, 0.29) is 23.6 Å². The summed E-state index contributed by atoms with van der Waals surface area (Å²) in [4.78, 5) is 14.0. The molecule has 0 spiro atoms. The Bertz CT molecular complexity index is 1220. The maximum absolute atomic E-state index is 13.9. The zero-order chi connectivity index (χ0) is 26.3. The molecule has 0 saturated heterocycles. The number of nitrogens with zero attached hydrogens (tertiary/aromatic N) is 3. The van der Waals surface area contributed by atoms with Crippen molar-refractivity contribution in [1.29, 1.82) is 0 Å². The van der Waals surface area contributed by atoms with Crippen LogP contribution in [0.5, 0.6) is 11.5 Å². The number of fused-ring (bicyclic) bond motifs is 1. The van der Waals surface area contributed by atoms with E-state index in [1.807, 2.05) is 0 Å². The molecule has 0 saturated carbocycles. The normalized spacial score (nSPS) is 17.7. The van der Waals surface area contributed by atoms with Crippen LogP contribution in [0.15, 0.2) is 54.6 Å². The average Bonchev–Trinajstić information content (AvgIpc) is 3.25. The second-order valence-electron chi connectivity index (χ2n) is 8.03. The average molecular weight is 514 g/mol. The Morgan fingerprint density at radius 1 is 1.03 bits per heavy atom. The SMILES string of the molecule is COc1ccc([C@@H]2C[C@@H](C(F)(F)F)n3nc(C(=O)N(C)c4ccc(OC(F)(F)F)cc4)cc3N2)cc1. The van der Waals surface area contributed by atoms with E-state index in [2.05, 4.69) is 15.2 Å². The number of methoxy groups -OCH3 is 1. The molecule has 13 heteroatoms. The predicted molar refractivity (Wildman–Crippen MR) is 117 cm³/mol. The van der Waals surface area contributed by atoms with Crippen LogP contribution in [0.4, 0.5) is 37.8 Å². The minimum atomic E-state index is -4.87. The molecule has 36 heavy (non-hydrogen) atoms. The van der Waals surface area contributed by atoms with Crippen molar-refractivity contribution in [3.05, 3.63) is 65.9 Å². The predicted octanol–water partition coefficient (Wildman–Crippen LogP) is 5.73. The fourth-order valence-corrected chi connectivity index (χ4v) is 3.89. The van der Waals surface area contributed by atoms with Crippen molar-refractivity contribution >= 4 is 17.4 Å². The van der Waals surface area contributed by atoms with Crippen LogP contribution in [0.3, 0.4) is 0 Å². The van der Waals surface area contributed by atoms with Crippen LogP contribution in [-0.2, 0) is 0 Å². The van der Waals surface area contributed by atoms with Gasteiger partial charge >= 0.3 is 12.5 Å². The van der Waals surface area contributed by atoms with Crippen LogP contribution in [0.2, 0.25) is 0 Å². The van der Waals surface area contributed by atoms with Gasteiger partial charge in [0, 0.05) is 25.2 Å². The number of nitrogens with one attached hydrogen (secondary N) is 1. The van der Waals surface area contributed by atoms with E-state index in [4.69, 9.17) is 4.74 Å². The van der Waals surface area contributed by atoms with Gasteiger partial charge in [0.2, 0.25) is 0 Å². The van der Waals surface area contributed by atoms with Crippen molar-refractivity contribution in [2.45, 2.75) is 31.0 Å². The first-order valence-corrected chi connectivity index (χ1v) is 10.6. The summed E-state index contributed by atoms with van der Waals surface area (Å²) in [7, 11) is 2.81. The molecule has 1 amide bonds. The van der Waals surface area contributed by atoms with E-state index in [1.165, 1.54) is 32.4 Å². The number of halogens is 6. The summed E-state index contributed by atoms with van der Waals surface area (Å²) in [5, 5.41) is 6.92. The van der Waals surface area contributed by atoms with Gasteiger partial charge in [-0.05, 0) is 42.0 Å². The second kappa shape index (κ2) is 9.28. The van der Waals surface area contributed by atoms with Crippen molar-refractivity contribution in [2.24, 2.45) is 0 Å². The monoisotopic (exact) mass is 514 g/mol. The minimum absolute atomic E-state index is 0.00932. The van der Waals surface area contributed by atoms with E-state index in [0.717, 1.165) is 21.7 Å². The summed E-state index contributed by atoms with van der Waals surface area (Å²) in [6.45, 7) is 0. The number of carbonyl (C=O) groups is 1. The lowest BCUT2D eigenvalue weighted by atomic mass is 9.97. The van der Waals surface area contributed by atoms with Gasteiger partial charge in [0.05, 0.1) is 13.2 Å². The highest BCUT2D eigenvalue weighted by molar-refractivity contribution is 6.04. The smallest absolute Gasteiger partial charge is 0.497 e. The number of hydrogen-bond donors (Lipinski definition) is 1. The van der Waals surface area contributed by atoms with Crippen molar-refractivity contribution in [2.75, 3.05) is 24.4 Å². The molecule has 2 atom stereocenters. The number of hydrogen-bond acceptors (Lipinski definition) is 5. The van der Waals surface area contributed by atoms with E-state index in [9.17, 15) is 31.1 Å². The number of benzene rings is 2. The molecule has 1 aliphatic rings. The molecule has 0 bridgehead atoms. The highest BCUT2D eigenvalue weighted by atomic mass is 19.4. The van der Waals surface area contributed by atoms with Crippen molar-refractivity contribution in [1.82, 2.24) is 9.78 Å². The third kappa shape index (κ3) is 5.34. The van der Waals surface area contributed by atoms with E-state index in [1.54, 1.807) is 24.3 Å². The molecule has 4 rings (SSSR count). The molecule has 0 aliphatic carbocycles. The summed E-state index contributed by atoms with van der Waals surface area (Å²) < 4.78 is 88.5. The van der Waals surface area contributed by atoms with Gasteiger partial charge in [0.25, 0.3) is 5.91 Å². The van der Waals surface area contributed by atoms with Crippen molar-refractivity contribution < 1.29 is 40.6 Å². The molecule has 1 N–H and O–H groups in total. The Morgan fingerprint density at radius 2 is 1.64 bits per heavy atom. The van der Waals surface area contributed by atoms with Gasteiger partial charge in [0.15, 0.2) is 11.7 Å². The highest BCUT2D eigenvalue weighted by Crippen LogP contribution is 2.44. The highest BCUT2D eigenvalue weighted by Gasteiger charge is 2.47. The molecule has 1 aromatic heterocycles. The number of amides is 1. The number of anilines is 2. The number of ether oxygens (including phenoxy) is 2. The lowest BCUT2D eigenvalue weighted by molar-refractivity contribution is -0.274. The minimum Gasteiger partial charge on any atom is -0.497 e. The standard InChI is InChI=1S/C23H20F6N4O3/c1-32(14-5-9-16(10-6-14)36-23(27,28)29)21(34)18-12-20-30-17(13-3-7-15(35-2)8-4-13)11-19(22(24,25)26)33(20)31-18/h3-10,12,17,19,30H,11H2,1-2H3/t17-,19-/m0/s1. The zero-order valence-corrected chi connectivity index (χ0v) is 18.9. The van der Waals surface area contributed by atoms with E-state index >= 15 is 0 Å². The molecule has 3 aromatic rings. The van der Waals surface area contributed by atoms with Crippen LogP contribution in [0, 0.1) is 0 Å². The fourth-order valence-electron chi connectivity index (χ4n) is 3.89. The summed E-state index contributed by atoms with van der Waals surface area (Å²) in [5.74, 6) is -0.660. The zero-order valence-electron chi connectivity index (χ0n) is 18.9. The Balaban J connectivity index is 1.59. The largest absolute Gasteiger partial charge is 0.573 e. The first-order valence-electron chi connectivity index (χ1n) is 10.6. The summed E-state index contributed by atoms with van der Waals surface area (Å²) in [5.41, 5.74) is 0.529. The summed E-state index contributed by atoms with van der Waals surface area (Å²) in [6.07, 6.45) is -9.85. The maximum atomic E-state index is 13.9. The number of aromatic nitrogens is 2. The van der Waals surface area contributed by atoms with E-state index in [0.29, 0.717) is 11.3 Å². The molecular weight excluding hydrogens is 494 g/mol. The lowest BCUT2D eigenvalue weighted by Gasteiger charge is -2.33. The third-order valence-corrected chi connectivity index (χ3v) is 5.69. The topological polar surface area (TPSA) is 68.6 Å². The third-order valence-electron chi connectivity index (χ3n) is 5.69. The van der Waals surface area contributed by atoms with Crippen LogP contribution >= 0.6 is 0 Å². The second-order valence-corrected chi connectivity index (χ2v) is 8.03. The molecule has 0 fully saturated rings. The molecule has 2 aromatic carbocycles. The van der Waals surface area contributed by atoms with Crippen LogP contribution in [-0.4, -0.2) is 42.4 Å². The van der Waals surface area contributed by atoms with Gasteiger partial charge < -0.3 is 19.7 Å². The molecule has 2 heterocycles. The molecule has 7 nitrogen and oxygen atoms in total.